The van der Waals surface area contributed by atoms with Gasteiger partial charge in [-0.15, -0.1) is 0 Å². The topological polar surface area (TPSA) is 49.4 Å². The largest absolute Gasteiger partial charge is 0.352 e. The molecule has 1 heterocycles. The minimum Gasteiger partial charge on any atom is -0.352 e. The number of benzene rings is 1. The Hall–Kier alpha value is -1.84. The maximum Gasteiger partial charge on any atom is 0.222 e. The van der Waals surface area contributed by atoms with E-state index in [-0.39, 0.29) is 17.9 Å². The number of carbonyl (C=O) groups excluding carboxylic acids is 2. The highest BCUT2D eigenvalue weighted by Crippen LogP contribution is 2.10. The van der Waals surface area contributed by atoms with Crippen molar-refractivity contribution in [3.8, 4) is 0 Å². The summed E-state index contributed by atoms with van der Waals surface area (Å²) in [4.78, 5) is 25.3. The third-order valence-corrected chi connectivity index (χ3v) is 3.79. The molecule has 0 spiro atoms. The van der Waals surface area contributed by atoms with Crippen LogP contribution in [-0.4, -0.2) is 35.8 Å². The average molecular weight is 288 g/mol. The van der Waals surface area contributed by atoms with Gasteiger partial charge in [0.05, 0.1) is 0 Å². The van der Waals surface area contributed by atoms with Crippen molar-refractivity contribution in [3.63, 3.8) is 0 Å². The van der Waals surface area contributed by atoms with E-state index in [9.17, 15) is 9.59 Å². The van der Waals surface area contributed by atoms with Crippen molar-refractivity contribution in [1.29, 1.82) is 0 Å². The number of nitrogens with zero attached hydrogens (tertiary/aromatic N) is 1. The first-order valence-electron chi connectivity index (χ1n) is 7.76. The highest BCUT2D eigenvalue weighted by molar-refractivity contribution is 5.78. The highest BCUT2D eigenvalue weighted by atomic mass is 16.2. The molecule has 21 heavy (non-hydrogen) atoms. The molecule has 114 valence electrons. The van der Waals surface area contributed by atoms with E-state index in [1.165, 1.54) is 5.56 Å². The van der Waals surface area contributed by atoms with Crippen molar-refractivity contribution in [1.82, 2.24) is 10.2 Å². The smallest absolute Gasteiger partial charge is 0.222 e. The molecule has 4 nitrogen and oxygen atoms in total. The lowest BCUT2D eigenvalue weighted by Gasteiger charge is -2.21. The fraction of sp³-hybridized carbons (Fsp3) is 0.529. The van der Waals surface area contributed by atoms with E-state index in [4.69, 9.17) is 0 Å². The Kier molecular flexibility index (Phi) is 5.78. The Morgan fingerprint density at radius 3 is 2.76 bits per heavy atom. The minimum absolute atomic E-state index is 0.0243. The molecule has 0 aliphatic carbocycles. The normalized spacial score (nSPS) is 16.0. The van der Waals surface area contributed by atoms with Crippen molar-refractivity contribution in [2.24, 2.45) is 0 Å². The molecule has 1 saturated heterocycles. The van der Waals surface area contributed by atoms with E-state index in [1.807, 2.05) is 30.0 Å². The zero-order valence-electron chi connectivity index (χ0n) is 12.7. The average Bonchev–Trinajstić information content (AvgIpc) is 2.85. The molecular weight excluding hydrogens is 264 g/mol. The lowest BCUT2D eigenvalue weighted by atomic mass is 10.1. The molecule has 4 heteroatoms. The van der Waals surface area contributed by atoms with Gasteiger partial charge in [0.1, 0.15) is 0 Å². The van der Waals surface area contributed by atoms with E-state index < -0.39 is 0 Å². The number of amides is 2. The third kappa shape index (κ3) is 5.21. The summed E-state index contributed by atoms with van der Waals surface area (Å²) >= 11 is 0. The first kappa shape index (κ1) is 15.5. The summed E-state index contributed by atoms with van der Waals surface area (Å²) in [5.74, 6) is 0.283. The van der Waals surface area contributed by atoms with Crippen LogP contribution in [0.5, 0.6) is 0 Å². The highest BCUT2D eigenvalue weighted by Gasteiger charge is 2.22. The van der Waals surface area contributed by atoms with Gasteiger partial charge < -0.3 is 10.2 Å². The second-order valence-corrected chi connectivity index (χ2v) is 5.75. The Morgan fingerprint density at radius 2 is 2.10 bits per heavy atom. The quantitative estimate of drug-likeness (QED) is 0.835. The number of carbonyl (C=O) groups is 2. The first-order valence-corrected chi connectivity index (χ1v) is 7.76. The van der Waals surface area contributed by atoms with Crippen LogP contribution in [0.1, 0.15) is 38.2 Å². The zero-order chi connectivity index (χ0) is 15.1. The third-order valence-electron chi connectivity index (χ3n) is 3.79. The van der Waals surface area contributed by atoms with Gasteiger partial charge in [-0.1, -0.05) is 30.3 Å². The molecule has 1 aliphatic rings. The lowest BCUT2D eigenvalue weighted by molar-refractivity contribution is -0.129. The van der Waals surface area contributed by atoms with Crippen molar-refractivity contribution < 1.29 is 9.59 Å². The van der Waals surface area contributed by atoms with Crippen molar-refractivity contribution in [3.05, 3.63) is 35.9 Å². The van der Waals surface area contributed by atoms with Crippen LogP contribution in [0.25, 0.3) is 0 Å². The predicted molar refractivity (Wildman–Crippen MR) is 82.8 cm³/mol. The number of nitrogens with one attached hydrogen (secondary N) is 1. The van der Waals surface area contributed by atoms with E-state index in [0.29, 0.717) is 19.4 Å². The molecule has 1 aliphatic heterocycles. The Bertz CT molecular complexity index is 473. The fourth-order valence-electron chi connectivity index (χ4n) is 2.72. The Labute approximate surface area is 126 Å². The summed E-state index contributed by atoms with van der Waals surface area (Å²) < 4.78 is 0. The number of rotatable bonds is 7. The van der Waals surface area contributed by atoms with E-state index >= 15 is 0 Å². The van der Waals surface area contributed by atoms with Gasteiger partial charge in [-0.25, -0.2) is 0 Å². The summed E-state index contributed by atoms with van der Waals surface area (Å²) in [5, 5.41) is 2.98. The molecular formula is C17H24N2O2. The first-order chi connectivity index (χ1) is 10.1. The van der Waals surface area contributed by atoms with E-state index in [0.717, 1.165) is 25.8 Å². The fourth-order valence-corrected chi connectivity index (χ4v) is 2.72. The monoisotopic (exact) mass is 288 g/mol. The molecule has 2 rings (SSSR count). The Morgan fingerprint density at radius 1 is 1.33 bits per heavy atom. The van der Waals surface area contributed by atoms with Crippen molar-refractivity contribution >= 4 is 11.8 Å². The molecule has 1 N–H and O–H groups in total. The van der Waals surface area contributed by atoms with Crippen LogP contribution in [0.15, 0.2) is 30.3 Å². The van der Waals surface area contributed by atoms with Crippen LogP contribution >= 0.6 is 0 Å². The standard InChI is InChI=1S/C17H24N2O2/c1-14(13-19-12-6-11-17(19)21)18-16(20)10-5-9-15-7-3-2-4-8-15/h2-4,7-8,14H,5-6,9-13H2,1H3,(H,18,20). The molecule has 1 fully saturated rings. The van der Waals surface area contributed by atoms with E-state index in [2.05, 4.69) is 17.4 Å². The lowest BCUT2D eigenvalue weighted by Crippen LogP contribution is -2.42. The Balaban J connectivity index is 1.63. The van der Waals surface area contributed by atoms with Gasteiger partial charge in [-0.05, 0) is 31.7 Å². The molecule has 1 atom stereocenters. The SMILES string of the molecule is CC(CN1CCCC1=O)NC(=O)CCCc1ccccc1. The molecule has 1 aromatic carbocycles. The van der Waals surface area contributed by atoms with Gasteiger partial charge in [0.2, 0.25) is 11.8 Å². The summed E-state index contributed by atoms with van der Waals surface area (Å²) in [6.07, 6.45) is 3.90. The molecule has 0 aromatic heterocycles. The van der Waals surface area contributed by atoms with Crippen LogP contribution < -0.4 is 5.32 Å². The van der Waals surface area contributed by atoms with Gasteiger partial charge in [-0.3, -0.25) is 9.59 Å². The van der Waals surface area contributed by atoms with Gasteiger partial charge in [-0.2, -0.15) is 0 Å². The molecule has 0 radical (unpaired) electrons. The van der Waals surface area contributed by atoms with Crippen molar-refractivity contribution in [2.75, 3.05) is 13.1 Å². The minimum atomic E-state index is 0.0243. The summed E-state index contributed by atoms with van der Waals surface area (Å²) in [5.41, 5.74) is 1.26. The maximum atomic E-state index is 11.9. The molecule has 0 saturated carbocycles. The van der Waals surface area contributed by atoms with Gasteiger partial charge in [0.25, 0.3) is 0 Å². The maximum absolute atomic E-state index is 11.9. The second-order valence-electron chi connectivity index (χ2n) is 5.75. The summed E-state index contributed by atoms with van der Waals surface area (Å²) in [6, 6.07) is 10.2. The van der Waals surface area contributed by atoms with Crippen LogP contribution in [0.3, 0.4) is 0 Å². The molecule has 2 amide bonds. The van der Waals surface area contributed by atoms with Gasteiger partial charge in [0, 0.05) is 32.0 Å². The second kappa shape index (κ2) is 7.81. The van der Waals surface area contributed by atoms with Gasteiger partial charge >= 0.3 is 0 Å². The van der Waals surface area contributed by atoms with E-state index in [1.54, 1.807) is 0 Å². The summed E-state index contributed by atoms with van der Waals surface area (Å²) in [7, 11) is 0. The molecule has 0 bridgehead atoms. The predicted octanol–water partition coefficient (Wildman–Crippen LogP) is 2.14. The van der Waals surface area contributed by atoms with Crippen molar-refractivity contribution in [2.45, 2.75) is 45.1 Å². The number of hydrogen-bond donors (Lipinski definition) is 1. The molecule has 1 unspecified atom stereocenters. The van der Waals surface area contributed by atoms with Gasteiger partial charge in [0.15, 0.2) is 0 Å². The van der Waals surface area contributed by atoms with Crippen LogP contribution in [0, 0.1) is 0 Å². The van der Waals surface area contributed by atoms with Crippen LogP contribution in [-0.2, 0) is 16.0 Å². The molecule has 1 aromatic rings. The number of likely N-dealkylation sites (tertiary alicyclic amines) is 1. The van der Waals surface area contributed by atoms with Crippen LogP contribution in [0.2, 0.25) is 0 Å². The van der Waals surface area contributed by atoms with Crippen LogP contribution in [0.4, 0.5) is 0 Å². The zero-order valence-corrected chi connectivity index (χ0v) is 12.7. The summed E-state index contributed by atoms with van der Waals surface area (Å²) in [6.45, 7) is 3.41. The number of aryl methyl sites for hydroxylation is 1. The number of hydrogen-bond acceptors (Lipinski definition) is 2.